The first-order valence-corrected chi connectivity index (χ1v) is 8.66. The Labute approximate surface area is 149 Å². The molecule has 7 nitrogen and oxygen atoms in total. The van der Waals surface area contributed by atoms with Crippen molar-refractivity contribution in [1.29, 1.82) is 0 Å². The lowest BCUT2D eigenvalue weighted by molar-refractivity contribution is 0.121. The van der Waals surface area contributed by atoms with Gasteiger partial charge in [0.25, 0.3) is 0 Å². The van der Waals surface area contributed by atoms with Crippen LogP contribution in [0, 0.1) is 12.8 Å². The Balaban J connectivity index is 1.61. The second-order valence-electron chi connectivity index (χ2n) is 6.82. The van der Waals surface area contributed by atoms with E-state index in [1.54, 1.807) is 6.33 Å². The molecule has 25 heavy (non-hydrogen) atoms. The van der Waals surface area contributed by atoms with Crippen molar-refractivity contribution in [2.24, 2.45) is 5.92 Å². The molecule has 0 radical (unpaired) electrons. The molecule has 3 rings (SSSR count). The highest BCUT2D eigenvalue weighted by molar-refractivity contribution is 5.26. The highest BCUT2D eigenvalue weighted by atomic mass is 16.5. The largest absolute Gasteiger partial charge is 0.380 e. The fraction of sp³-hybridized carbons (Fsp3) is 0.556. The van der Waals surface area contributed by atoms with Crippen LogP contribution in [0.2, 0.25) is 0 Å². The Hall–Kier alpha value is -2.12. The minimum absolute atomic E-state index is 0.429. The monoisotopic (exact) mass is 342 g/mol. The molecule has 0 saturated carbocycles. The third kappa shape index (κ3) is 5.17. The van der Waals surface area contributed by atoms with Crippen LogP contribution in [-0.2, 0) is 17.7 Å². The van der Waals surface area contributed by atoms with Crippen molar-refractivity contribution in [2.75, 3.05) is 45.3 Å². The van der Waals surface area contributed by atoms with E-state index in [0.717, 1.165) is 62.2 Å². The summed E-state index contributed by atoms with van der Waals surface area (Å²) in [6.45, 7) is 6.29. The molecule has 0 amide bonds. The molecule has 1 aliphatic heterocycles. The van der Waals surface area contributed by atoms with Crippen molar-refractivity contribution < 1.29 is 4.74 Å². The summed E-state index contributed by atoms with van der Waals surface area (Å²) in [5.74, 6) is 1.17. The van der Waals surface area contributed by atoms with Crippen LogP contribution in [0.5, 0.6) is 0 Å². The van der Waals surface area contributed by atoms with Crippen LogP contribution in [0.3, 0.4) is 0 Å². The van der Waals surface area contributed by atoms with E-state index >= 15 is 0 Å². The van der Waals surface area contributed by atoms with Gasteiger partial charge in [-0.05, 0) is 19.4 Å². The number of nitrogens with zero attached hydrogens (tertiary/aromatic N) is 6. The van der Waals surface area contributed by atoms with Gasteiger partial charge in [-0.25, -0.2) is 19.9 Å². The molecule has 0 N–H and O–H groups in total. The van der Waals surface area contributed by atoms with Gasteiger partial charge in [0, 0.05) is 69.0 Å². The zero-order chi connectivity index (χ0) is 17.6. The van der Waals surface area contributed by atoms with Crippen molar-refractivity contribution in [1.82, 2.24) is 24.8 Å². The van der Waals surface area contributed by atoms with Gasteiger partial charge in [0.1, 0.15) is 6.33 Å². The Morgan fingerprint density at radius 3 is 2.72 bits per heavy atom. The molecule has 0 unspecified atom stereocenters. The van der Waals surface area contributed by atoms with Gasteiger partial charge in [-0.3, -0.25) is 4.90 Å². The number of aromatic nitrogens is 4. The maximum atomic E-state index is 5.81. The molecule has 0 aliphatic carbocycles. The quantitative estimate of drug-likeness (QED) is 0.812. The molecule has 2 aromatic rings. The van der Waals surface area contributed by atoms with Crippen LogP contribution >= 0.6 is 0 Å². The van der Waals surface area contributed by atoms with E-state index in [1.807, 2.05) is 38.3 Å². The third-order valence-corrected chi connectivity index (χ3v) is 4.28. The molecule has 1 aliphatic rings. The van der Waals surface area contributed by atoms with E-state index in [1.165, 1.54) is 0 Å². The summed E-state index contributed by atoms with van der Waals surface area (Å²) in [5, 5.41) is 0. The molecule has 0 aromatic carbocycles. The van der Waals surface area contributed by atoms with Crippen LogP contribution in [0.1, 0.15) is 17.0 Å². The van der Waals surface area contributed by atoms with Gasteiger partial charge in [0.2, 0.25) is 5.95 Å². The smallest absolute Gasteiger partial charge is 0.224 e. The van der Waals surface area contributed by atoms with E-state index in [4.69, 9.17) is 4.74 Å². The van der Waals surface area contributed by atoms with E-state index in [2.05, 4.69) is 30.9 Å². The van der Waals surface area contributed by atoms with Crippen molar-refractivity contribution >= 4 is 5.95 Å². The maximum Gasteiger partial charge on any atom is 0.224 e. The Kier molecular flexibility index (Phi) is 5.88. The molecular formula is C18H26N6O. The lowest BCUT2D eigenvalue weighted by Crippen LogP contribution is -2.30. The molecule has 0 bridgehead atoms. The molecule has 3 heterocycles. The van der Waals surface area contributed by atoms with Gasteiger partial charge < -0.3 is 9.64 Å². The molecule has 0 spiro atoms. The van der Waals surface area contributed by atoms with E-state index in [0.29, 0.717) is 5.92 Å². The van der Waals surface area contributed by atoms with Crippen LogP contribution in [0.4, 0.5) is 5.95 Å². The lowest BCUT2D eigenvalue weighted by atomic mass is 10.0. The Morgan fingerprint density at radius 2 is 2.00 bits per heavy atom. The van der Waals surface area contributed by atoms with Crippen LogP contribution in [0.15, 0.2) is 24.8 Å². The SMILES string of the molecule is Cc1cc(C[C@H]2COCCN(Cc3cnc(N(C)C)nc3)C2)ncn1. The summed E-state index contributed by atoms with van der Waals surface area (Å²) in [6, 6.07) is 2.06. The van der Waals surface area contributed by atoms with E-state index < -0.39 is 0 Å². The van der Waals surface area contributed by atoms with Gasteiger partial charge in [-0.1, -0.05) is 0 Å². The lowest BCUT2D eigenvalue weighted by Gasteiger charge is -2.23. The van der Waals surface area contributed by atoms with Gasteiger partial charge in [-0.15, -0.1) is 0 Å². The zero-order valence-electron chi connectivity index (χ0n) is 15.2. The Bertz CT molecular complexity index is 676. The average Bonchev–Trinajstić information content (AvgIpc) is 2.80. The molecule has 134 valence electrons. The predicted molar refractivity (Wildman–Crippen MR) is 96.4 cm³/mol. The molecular weight excluding hydrogens is 316 g/mol. The predicted octanol–water partition coefficient (Wildman–Crippen LogP) is 1.33. The van der Waals surface area contributed by atoms with E-state index in [-0.39, 0.29) is 0 Å². The normalized spacial score (nSPS) is 18.8. The topological polar surface area (TPSA) is 67.3 Å². The number of rotatable bonds is 5. The van der Waals surface area contributed by atoms with E-state index in [9.17, 15) is 0 Å². The summed E-state index contributed by atoms with van der Waals surface area (Å²) < 4.78 is 5.81. The minimum Gasteiger partial charge on any atom is -0.380 e. The number of aryl methyl sites for hydroxylation is 1. The zero-order valence-corrected chi connectivity index (χ0v) is 15.2. The van der Waals surface area contributed by atoms with Crippen molar-refractivity contribution in [3.8, 4) is 0 Å². The van der Waals surface area contributed by atoms with Crippen LogP contribution < -0.4 is 4.90 Å². The molecule has 1 saturated heterocycles. The highest BCUT2D eigenvalue weighted by Crippen LogP contribution is 2.15. The first-order valence-electron chi connectivity index (χ1n) is 8.66. The van der Waals surface area contributed by atoms with Gasteiger partial charge in [0.05, 0.1) is 13.2 Å². The number of anilines is 1. The number of ether oxygens (including phenoxy) is 1. The standard InChI is InChI=1S/C18H26N6O/c1-14-6-17(22-13-21-14)7-15-10-24(4-5-25-12-15)11-16-8-19-18(20-9-16)23(2)3/h6,8-9,13,15H,4-5,7,10-12H2,1-3H3/t15-/m1/s1. The molecule has 2 aromatic heterocycles. The fourth-order valence-corrected chi connectivity index (χ4v) is 3.06. The summed E-state index contributed by atoms with van der Waals surface area (Å²) >= 11 is 0. The van der Waals surface area contributed by atoms with Crippen molar-refractivity contribution in [3.63, 3.8) is 0 Å². The summed E-state index contributed by atoms with van der Waals surface area (Å²) in [7, 11) is 3.89. The van der Waals surface area contributed by atoms with Gasteiger partial charge in [-0.2, -0.15) is 0 Å². The minimum atomic E-state index is 0.429. The van der Waals surface area contributed by atoms with Crippen molar-refractivity contribution in [3.05, 3.63) is 41.7 Å². The van der Waals surface area contributed by atoms with Gasteiger partial charge >= 0.3 is 0 Å². The summed E-state index contributed by atoms with van der Waals surface area (Å²) in [6.07, 6.45) is 6.38. The maximum absolute atomic E-state index is 5.81. The molecule has 1 fully saturated rings. The van der Waals surface area contributed by atoms with Crippen molar-refractivity contribution in [2.45, 2.75) is 19.9 Å². The summed E-state index contributed by atoms with van der Waals surface area (Å²) in [4.78, 5) is 21.7. The van der Waals surface area contributed by atoms with Crippen LogP contribution in [-0.4, -0.2) is 65.2 Å². The average molecular weight is 342 g/mol. The first kappa shape index (κ1) is 17.7. The number of hydrogen-bond acceptors (Lipinski definition) is 7. The summed E-state index contributed by atoms with van der Waals surface area (Å²) in [5.41, 5.74) is 3.22. The highest BCUT2D eigenvalue weighted by Gasteiger charge is 2.20. The second kappa shape index (κ2) is 8.31. The second-order valence-corrected chi connectivity index (χ2v) is 6.82. The fourth-order valence-electron chi connectivity index (χ4n) is 3.06. The third-order valence-electron chi connectivity index (χ3n) is 4.28. The molecule has 1 atom stereocenters. The number of hydrogen-bond donors (Lipinski definition) is 0. The van der Waals surface area contributed by atoms with Crippen LogP contribution in [0.25, 0.3) is 0 Å². The Morgan fingerprint density at radius 1 is 1.20 bits per heavy atom. The molecule has 7 heteroatoms. The first-order chi connectivity index (χ1) is 12.1. The van der Waals surface area contributed by atoms with Gasteiger partial charge in [0.15, 0.2) is 0 Å².